The molecule has 0 spiro atoms. The normalized spacial score (nSPS) is 15.4. The number of hydrogen-bond acceptors (Lipinski definition) is 4. The molecule has 0 radical (unpaired) electrons. The standard InChI is InChI=1S/C24H20ClN3O2/c25-18-9-7-17(8-10-18)24(13-1-2-14-24)23(29)27-19-11-5-16(6-12-19)22-28-21-20(30-22)4-3-15-26-21/h3-12,15H,1-2,13-14H2,(H,27,29). The van der Waals surface area contributed by atoms with E-state index in [1.807, 2.05) is 60.7 Å². The van der Waals surface area contributed by atoms with Gasteiger partial charge in [-0.25, -0.2) is 4.98 Å². The molecular weight excluding hydrogens is 398 g/mol. The third kappa shape index (κ3) is 3.35. The van der Waals surface area contributed by atoms with Gasteiger partial charge in [-0.15, -0.1) is 0 Å². The van der Waals surface area contributed by atoms with Gasteiger partial charge in [-0.2, -0.15) is 4.98 Å². The quantitative estimate of drug-likeness (QED) is 0.442. The van der Waals surface area contributed by atoms with Crippen LogP contribution in [0, 0.1) is 0 Å². The Labute approximate surface area is 179 Å². The molecule has 1 aliphatic rings. The summed E-state index contributed by atoms with van der Waals surface area (Å²) in [4.78, 5) is 21.9. The molecule has 2 heterocycles. The van der Waals surface area contributed by atoms with Crippen LogP contribution < -0.4 is 5.32 Å². The van der Waals surface area contributed by atoms with Crippen LogP contribution in [0.3, 0.4) is 0 Å². The highest BCUT2D eigenvalue weighted by molar-refractivity contribution is 6.30. The molecule has 0 atom stereocenters. The second-order valence-electron chi connectivity index (χ2n) is 7.67. The Bertz CT molecular complexity index is 1160. The smallest absolute Gasteiger partial charge is 0.235 e. The van der Waals surface area contributed by atoms with E-state index in [-0.39, 0.29) is 5.91 Å². The highest BCUT2D eigenvalue weighted by atomic mass is 35.5. The lowest BCUT2D eigenvalue weighted by molar-refractivity contribution is -0.121. The predicted octanol–water partition coefficient (Wildman–Crippen LogP) is 5.99. The minimum Gasteiger partial charge on any atom is -0.434 e. The minimum absolute atomic E-state index is 0.0288. The van der Waals surface area contributed by atoms with Gasteiger partial charge in [0.1, 0.15) is 0 Å². The van der Waals surface area contributed by atoms with Gasteiger partial charge in [-0.1, -0.05) is 36.6 Å². The molecule has 0 aliphatic heterocycles. The number of rotatable bonds is 4. The SMILES string of the molecule is O=C(Nc1ccc(-c2nc3ncccc3o2)cc1)C1(c2ccc(Cl)cc2)CCCC1. The number of hydrogen-bond donors (Lipinski definition) is 1. The van der Waals surface area contributed by atoms with Gasteiger partial charge in [0, 0.05) is 22.5 Å². The van der Waals surface area contributed by atoms with Gasteiger partial charge >= 0.3 is 0 Å². The van der Waals surface area contributed by atoms with Crippen LogP contribution in [-0.2, 0) is 10.2 Å². The second-order valence-corrected chi connectivity index (χ2v) is 8.11. The summed E-state index contributed by atoms with van der Waals surface area (Å²) in [5.41, 5.74) is 3.33. The number of anilines is 1. The molecule has 1 N–H and O–H groups in total. The molecule has 5 rings (SSSR count). The molecule has 2 aromatic carbocycles. The first-order chi connectivity index (χ1) is 14.6. The number of carbonyl (C=O) groups is 1. The van der Waals surface area contributed by atoms with Crippen molar-refractivity contribution in [3.63, 3.8) is 0 Å². The molecule has 6 heteroatoms. The molecule has 0 bridgehead atoms. The summed E-state index contributed by atoms with van der Waals surface area (Å²) < 4.78 is 5.77. The summed E-state index contributed by atoms with van der Waals surface area (Å²) in [7, 11) is 0. The van der Waals surface area contributed by atoms with Crippen LogP contribution in [0.1, 0.15) is 31.2 Å². The number of carbonyl (C=O) groups excluding carboxylic acids is 1. The molecule has 0 saturated heterocycles. The second kappa shape index (κ2) is 7.58. The van der Waals surface area contributed by atoms with Crippen molar-refractivity contribution >= 4 is 34.4 Å². The Balaban J connectivity index is 1.38. The number of halogens is 1. The molecule has 150 valence electrons. The van der Waals surface area contributed by atoms with E-state index in [9.17, 15) is 4.79 Å². The fraction of sp³-hybridized carbons (Fsp3) is 0.208. The Morgan fingerprint density at radius 2 is 1.73 bits per heavy atom. The maximum atomic E-state index is 13.3. The summed E-state index contributed by atoms with van der Waals surface area (Å²) >= 11 is 6.05. The van der Waals surface area contributed by atoms with Crippen molar-refractivity contribution < 1.29 is 9.21 Å². The number of benzene rings is 2. The van der Waals surface area contributed by atoms with E-state index in [2.05, 4.69) is 15.3 Å². The summed E-state index contributed by atoms with van der Waals surface area (Å²) in [5, 5.41) is 3.79. The van der Waals surface area contributed by atoms with E-state index in [4.69, 9.17) is 16.0 Å². The van der Waals surface area contributed by atoms with Gasteiger partial charge < -0.3 is 9.73 Å². The van der Waals surface area contributed by atoms with Crippen molar-refractivity contribution in [2.24, 2.45) is 0 Å². The number of nitrogens with zero attached hydrogens (tertiary/aromatic N) is 2. The average molecular weight is 418 g/mol. The van der Waals surface area contributed by atoms with Crippen LogP contribution in [0.2, 0.25) is 5.02 Å². The molecular formula is C24H20ClN3O2. The Morgan fingerprint density at radius 1 is 1.00 bits per heavy atom. The van der Waals surface area contributed by atoms with Crippen molar-refractivity contribution in [3.05, 3.63) is 77.4 Å². The van der Waals surface area contributed by atoms with E-state index in [1.54, 1.807) is 6.20 Å². The first-order valence-corrected chi connectivity index (χ1v) is 10.4. The van der Waals surface area contributed by atoms with Crippen molar-refractivity contribution in [2.45, 2.75) is 31.1 Å². The van der Waals surface area contributed by atoms with Gasteiger partial charge in [0.25, 0.3) is 0 Å². The van der Waals surface area contributed by atoms with Gasteiger partial charge in [-0.05, 0) is 66.9 Å². The van der Waals surface area contributed by atoms with Crippen LogP contribution in [-0.4, -0.2) is 15.9 Å². The fourth-order valence-corrected chi connectivity index (χ4v) is 4.36. The number of amides is 1. The summed E-state index contributed by atoms with van der Waals surface area (Å²) in [6.45, 7) is 0. The third-order valence-electron chi connectivity index (χ3n) is 5.84. The summed E-state index contributed by atoms with van der Waals surface area (Å²) in [5.74, 6) is 0.538. The highest BCUT2D eigenvalue weighted by Crippen LogP contribution is 2.42. The molecule has 1 amide bonds. The molecule has 4 aromatic rings. The van der Waals surface area contributed by atoms with E-state index in [0.717, 1.165) is 42.5 Å². The van der Waals surface area contributed by atoms with Crippen LogP contribution in [0.5, 0.6) is 0 Å². The van der Waals surface area contributed by atoms with E-state index < -0.39 is 5.41 Å². The predicted molar refractivity (Wildman–Crippen MR) is 117 cm³/mol. The largest absolute Gasteiger partial charge is 0.434 e. The summed E-state index contributed by atoms with van der Waals surface area (Å²) in [6.07, 6.45) is 5.46. The maximum Gasteiger partial charge on any atom is 0.235 e. The molecule has 2 aromatic heterocycles. The number of fused-ring (bicyclic) bond motifs is 1. The minimum atomic E-state index is -0.505. The molecule has 30 heavy (non-hydrogen) atoms. The number of oxazole rings is 1. The lowest BCUT2D eigenvalue weighted by Gasteiger charge is -2.28. The Hall–Kier alpha value is -3.18. The molecule has 5 nitrogen and oxygen atoms in total. The third-order valence-corrected chi connectivity index (χ3v) is 6.10. The fourth-order valence-electron chi connectivity index (χ4n) is 4.23. The number of nitrogens with one attached hydrogen (secondary N) is 1. The van der Waals surface area contributed by atoms with E-state index in [1.165, 1.54) is 0 Å². The monoisotopic (exact) mass is 417 g/mol. The first kappa shape index (κ1) is 18.8. The van der Waals surface area contributed by atoms with Gasteiger partial charge in [0.2, 0.25) is 11.8 Å². The van der Waals surface area contributed by atoms with Crippen molar-refractivity contribution in [2.75, 3.05) is 5.32 Å². The molecule has 1 aliphatic carbocycles. The molecule has 1 fully saturated rings. The summed E-state index contributed by atoms with van der Waals surface area (Å²) in [6, 6.07) is 18.8. The molecule has 0 unspecified atom stereocenters. The van der Waals surface area contributed by atoms with Crippen molar-refractivity contribution in [3.8, 4) is 11.5 Å². The maximum absolute atomic E-state index is 13.3. The average Bonchev–Trinajstić information content (AvgIpc) is 3.43. The zero-order valence-corrected chi connectivity index (χ0v) is 17.0. The topological polar surface area (TPSA) is 68.0 Å². The van der Waals surface area contributed by atoms with E-state index >= 15 is 0 Å². The lowest BCUT2D eigenvalue weighted by atomic mass is 9.78. The van der Waals surface area contributed by atoms with Gasteiger partial charge in [-0.3, -0.25) is 4.79 Å². The van der Waals surface area contributed by atoms with Gasteiger partial charge in [0.05, 0.1) is 5.41 Å². The Morgan fingerprint density at radius 3 is 2.43 bits per heavy atom. The van der Waals surface area contributed by atoms with Crippen LogP contribution >= 0.6 is 11.6 Å². The van der Waals surface area contributed by atoms with E-state index in [0.29, 0.717) is 22.1 Å². The Kier molecular flexibility index (Phi) is 4.75. The number of aromatic nitrogens is 2. The van der Waals surface area contributed by atoms with Crippen LogP contribution in [0.15, 0.2) is 71.3 Å². The lowest BCUT2D eigenvalue weighted by Crippen LogP contribution is -2.37. The zero-order valence-electron chi connectivity index (χ0n) is 16.3. The van der Waals surface area contributed by atoms with Crippen molar-refractivity contribution in [1.29, 1.82) is 0 Å². The number of pyridine rings is 1. The zero-order chi connectivity index (χ0) is 20.6. The van der Waals surface area contributed by atoms with Crippen LogP contribution in [0.25, 0.3) is 22.7 Å². The highest BCUT2D eigenvalue weighted by Gasteiger charge is 2.42. The first-order valence-electron chi connectivity index (χ1n) is 10.0. The van der Waals surface area contributed by atoms with Crippen LogP contribution in [0.4, 0.5) is 5.69 Å². The van der Waals surface area contributed by atoms with Gasteiger partial charge in [0.15, 0.2) is 11.2 Å². The van der Waals surface area contributed by atoms with Crippen molar-refractivity contribution in [1.82, 2.24) is 9.97 Å². The molecule has 1 saturated carbocycles.